The van der Waals surface area contributed by atoms with Gasteiger partial charge in [-0.15, -0.1) is 0 Å². The summed E-state index contributed by atoms with van der Waals surface area (Å²) in [6.07, 6.45) is -7.06. The van der Waals surface area contributed by atoms with Gasteiger partial charge in [-0.3, -0.25) is 24.1 Å². The van der Waals surface area contributed by atoms with Crippen molar-refractivity contribution >= 4 is 23.6 Å². The van der Waals surface area contributed by atoms with Gasteiger partial charge in [0.2, 0.25) is 11.8 Å². The van der Waals surface area contributed by atoms with Gasteiger partial charge in [0.05, 0.1) is 37.5 Å². The zero-order valence-electron chi connectivity index (χ0n) is 25.4. The van der Waals surface area contributed by atoms with Crippen LogP contribution in [0.1, 0.15) is 47.5 Å². The topological polar surface area (TPSA) is 219 Å². The van der Waals surface area contributed by atoms with Crippen molar-refractivity contribution in [3.05, 3.63) is 0 Å². The summed E-state index contributed by atoms with van der Waals surface area (Å²) in [5.41, 5.74) is -1.07. The Morgan fingerprint density at radius 2 is 1.29 bits per heavy atom. The molecule has 0 spiro atoms. The molecule has 0 aliphatic rings. The van der Waals surface area contributed by atoms with E-state index in [1.54, 1.807) is 6.92 Å². The Bertz CT molecular complexity index is 826. The van der Waals surface area contributed by atoms with E-state index in [-0.39, 0.29) is 44.6 Å². The number of aliphatic hydroxyl groups is 4. The van der Waals surface area contributed by atoms with Gasteiger partial charge >= 0.3 is 0 Å². The highest BCUT2D eigenvalue weighted by Crippen LogP contribution is 2.19. The van der Waals surface area contributed by atoms with Gasteiger partial charge in [-0.05, 0) is 54.5 Å². The third kappa shape index (κ3) is 16.6. The molecule has 0 heterocycles. The molecule has 0 fully saturated rings. The Labute approximate surface area is 242 Å². The van der Waals surface area contributed by atoms with Gasteiger partial charge in [-0.2, -0.15) is 0 Å². The molecule has 15 nitrogen and oxygen atoms in total. The Kier molecular flexibility index (Phi) is 17.8. The van der Waals surface area contributed by atoms with Gasteiger partial charge in [0, 0.05) is 26.7 Å². The molecule has 4 amide bonds. The van der Waals surface area contributed by atoms with Crippen molar-refractivity contribution in [3.63, 3.8) is 0 Å². The third-order valence-electron chi connectivity index (χ3n) is 6.21. The predicted molar refractivity (Wildman–Crippen MR) is 150 cm³/mol. The van der Waals surface area contributed by atoms with Gasteiger partial charge in [0.15, 0.2) is 12.2 Å². The van der Waals surface area contributed by atoms with E-state index in [1.165, 1.54) is 7.05 Å². The third-order valence-corrected chi connectivity index (χ3v) is 6.21. The Hall–Kier alpha value is -2.40. The SMILES string of the molecule is CCNC(=O)[C@H](O)[C@@H](O)[C@H](O)[C@H](O)C(=O)NCCOC(C)(C)CCOC(C)(C)CCN(C)CC(=O)NCC(=O)NC. The lowest BCUT2D eigenvalue weighted by atomic mass is 10.0. The minimum atomic E-state index is -2.09. The van der Waals surface area contributed by atoms with Crippen LogP contribution in [-0.2, 0) is 28.7 Å². The molecular formula is C26H51N5O10. The van der Waals surface area contributed by atoms with Gasteiger partial charge in [-0.25, -0.2) is 0 Å². The zero-order chi connectivity index (χ0) is 31.8. The second-order valence-electron chi connectivity index (χ2n) is 11.0. The maximum Gasteiger partial charge on any atom is 0.251 e. The minimum Gasteiger partial charge on any atom is -0.387 e. The lowest BCUT2D eigenvalue weighted by molar-refractivity contribution is -0.155. The van der Waals surface area contributed by atoms with Crippen molar-refractivity contribution < 1.29 is 49.1 Å². The fourth-order valence-electron chi connectivity index (χ4n) is 3.39. The fourth-order valence-corrected chi connectivity index (χ4v) is 3.39. The Morgan fingerprint density at radius 1 is 0.780 bits per heavy atom. The monoisotopic (exact) mass is 593 g/mol. The molecule has 41 heavy (non-hydrogen) atoms. The number of ether oxygens (including phenoxy) is 2. The molecule has 0 aliphatic carbocycles. The fraction of sp³-hybridized carbons (Fsp3) is 0.846. The smallest absolute Gasteiger partial charge is 0.251 e. The second kappa shape index (κ2) is 18.9. The Morgan fingerprint density at radius 3 is 1.83 bits per heavy atom. The number of nitrogens with zero attached hydrogens (tertiary/aromatic N) is 1. The van der Waals surface area contributed by atoms with Crippen molar-refractivity contribution in [2.45, 2.75) is 83.1 Å². The summed E-state index contributed by atoms with van der Waals surface area (Å²) in [5.74, 6) is -2.46. The van der Waals surface area contributed by atoms with Crippen molar-refractivity contribution in [1.82, 2.24) is 26.2 Å². The maximum absolute atomic E-state index is 12.1. The van der Waals surface area contributed by atoms with Gasteiger partial charge in [0.25, 0.3) is 11.8 Å². The van der Waals surface area contributed by atoms with Crippen LogP contribution in [0.3, 0.4) is 0 Å². The molecule has 0 aromatic carbocycles. The standard InChI is InChI=1S/C26H51N5O10/c1-8-28-23(38)21(36)19(34)20(35)22(37)24(39)29-11-14-41-26(4,5)10-13-40-25(2,3)9-12-31(7)16-18(33)30-15-17(32)27-6/h19-22,34-37H,8-16H2,1-7H3,(H,27,32)(H,28,38)(H,29,39)(H,30,33)/t19-,20-,21+,22-/m0/s1. The van der Waals surface area contributed by atoms with Crippen LogP contribution < -0.4 is 21.3 Å². The van der Waals surface area contributed by atoms with E-state index in [9.17, 15) is 39.6 Å². The molecule has 0 radical (unpaired) electrons. The van der Waals surface area contributed by atoms with Crippen LogP contribution in [0.15, 0.2) is 0 Å². The largest absolute Gasteiger partial charge is 0.387 e. The average Bonchev–Trinajstić information content (AvgIpc) is 2.90. The number of rotatable bonds is 21. The molecule has 0 aromatic heterocycles. The van der Waals surface area contributed by atoms with Gasteiger partial charge < -0.3 is 51.2 Å². The first kappa shape index (κ1) is 38.6. The molecule has 4 atom stereocenters. The zero-order valence-corrected chi connectivity index (χ0v) is 25.4. The van der Waals surface area contributed by atoms with Gasteiger partial charge in [-0.1, -0.05) is 0 Å². The van der Waals surface area contributed by atoms with Gasteiger partial charge in [0.1, 0.15) is 12.2 Å². The second-order valence-corrected chi connectivity index (χ2v) is 11.0. The molecule has 240 valence electrons. The van der Waals surface area contributed by atoms with E-state index in [4.69, 9.17) is 9.47 Å². The number of carbonyl (C=O) groups excluding carboxylic acids is 4. The first-order valence-electron chi connectivity index (χ1n) is 13.7. The van der Waals surface area contributed by atoms with Crippen LogP contribution >= 0.6 is 0 Å². The molecular weight excluding hydrogens is 542 g/mol. The summed E-state index contributed by atoms with van der Waals surface area (Å²) in [6.45, 7) is 10.5. The highest BCUT2D eigenvalue weighted by atomic mass is 16.5. The maximum atomic E-state index is 12.1. The van der Waals surface area contributed by atoms with Crippen LogP contribution in [0, 0.1) is 0 Å². The summed E-state index contributed by atoms with van der Waals surface area (Å²) in [5, 5.41) is 49.2. The molecule has 0 saturated heterocycles. The minimum absolute atomic E-state index is 0.00358. The first-order valence-corrected chi connectivity index (χ1v) is 13.7. The normalized spacial score (nSPS) is 15.0. The predicted octanol–water partition coefficient (Wildman–Crippen LogP) is -3.15. The van der Waals surface area contributed by atoms with Crippen molar-refractivity contribution in [3.8, 4) is 0 Å². The summed E-state index contributed by atoms with van der Waals surface area (Å²) < 4.78 is 11.8. The van der Waals surface area contributed by atoms with Crippen LogP contribution in [0.2, 0.25) is 0 Å². The highest BCUT2D eigenvalue weighted by Gasteiger charge is 2.37. The lowest BCUT2D eigenvalue weighted by Gasteiger charge is -2.31. The number of amides is 4. The van der Waals surface area contributed by atoms with Crippen LogP contribution in [0.25, 0.3) is 0 Å². The van der Waals surface area contributed by atoms with E-state index in [1.807, 2.05) is 39.6 Å². The average molecular weight is 594 g/mol. The molecule has 0 rings (SSSR count). The van der Waals surface area contributed by atoms with E-state index < -0.39 is 47.4 Å². The Balaban J connectivity index is 4.37. The molecule has 0 aliphatic heterocycles. The first-order chi connectivity index (χ1) is 19.0. The number of hydrogen-bond acceptors (Lipinski definition) is 11. The van der Waals surface area contributed by atoms with E-state index >= 15 is 0 Å². The van der Waals surface area contributed by atoms with E-state index in [0.717, 1.165) is 0 Å². The van der Waals surface area contributed by atoms with Crippen LogP contribution in [0.5, 0.6) is 0 Å². The molecule has 8 N–H and O–H groups in total. The van der Waals surface area contributed by atoms with Crippen molar-refractivity contribution in [2.24, 2.45) is 0 Å². The van der Waals surface area contributed by atoms with E-state index in [2.05, 4.69) is 21.3 Å². The summed E-state index contributed by atoms with van der Waals surface area (Å²) in [7, 11) is 3.31. The number of carbonyl (C=O) groups is 4. The quantitative estimate of drug-likeness (QED) is 0.0621. The number of aliphatic hydroxyl groups excluding tert-OH is 4. The van der Waals surface area contributed by atoms with Crippen LogP contribution in [0.4, 0.5) is 0 Å². The molecule has 15 heteroatoms. The van der Waals surface area contributed by atoms with Crippen molar-refractivity contribution in [1.29, 1.82) is 0 Å². The molecule has 0 saturated carbocycles. The number of likely N-dealkylation sites (N-methyl/N-ethyl adjacent to an activating group) is 3. The number of hydrogen-bond donors (Lipinski definition) is 8. The lowest BCUT2D eigenvalue weighted by Crippen LogP contribution is -2.54. The van der Waals surface area contributed by atoms with E-state index in [0.29, 0.717) is 26.0 Å². The van der Waals surface area contributed by atoms with Crippen LogP contribution in [-0.4, -0.2) is 145 Å². The summed E-state index contributed by atoms with van der Waals surface area (Å²) >= 11 is 0. The molecule has 0 bridgehead atoms. The van der Waals surface area contributed by atoms with Crippen molar-refractivity contribution in [2.75, 3.05) is 60.0 Å². The molecule has 0 unspecified atom stereocenters. The summed E-state index contributed by atoms with van der Waals surface area (Å²) in [6, 6.07) is 0. The molecule has 0 aromatic rings. The number of nitrogens with one attached hydrogen (secondary N) is 4. The highest BCUT2D eigenvalue weighted by molar-refractivity contribution is 5.85. The summed E-state index contributed by atoms with van der Waals surface area (Å²) in [4.78, 5) is 48.7.